The smallest absolute Gasteiger partial charge is 0.253 e. The van der Waals surface area contributed by atoms with Gasteiger partial charge in [0.2, 0.25) is 5.91 Å². The quantitative estimate of drug-likeness (QED) is 0.606. The Morgan fingerprint density at radius 3 is 2.48 bits per heavy atom. The first-order chi connectivity index (χ1) is 14.5. The van der Waals surface area contributed by atoms with E-state index in [-0.39, 0.29) is 22.4 Å². The minimum Gasteiger partial charge on any atom is -0.496 e. The van der Waals surface area contributed by atoms with Crippen molar-refractivity contribution in [2.45, 2.75) is 46.7 Å². The van der Waals surface area contributed by atoms with Gasteiger partial charge in [0.05, 0.1) is 29.9 Å². The summed E-state index contributed by atoms with van der Waals surface area (Å²) in [5, 5.41) is 3.51. The summed E-state index contributed by atoms with van der Waals surface area (Å²) in [7, 11) is 3.31. The fourth-order valence-corrected chi connectivity index (χ4v) is 3.90. The topological polar surface area (TPSA) is 71.5 Å². The third-order valence-electron chi connectivity index (χ3n) is 5.00. The van der Waals surface area contributed by atoms with Crippen molar-refractivity contribution in [1.82, 2.24) is 15.2 Å². The molecule has 1 heterocycles. The van der Waals surface area contributed by atoms with Crippen LogP contribution in [0.15, 0.2) is 24.4 Å². The molecule has 0 aliphatic heterocycles. The van der Waals surface area contributed by atoms with Gasteiger partial charge in [-0.2, -0.15) is 0 Å². The second kappa shape index (κ2) is 10.8. The van der Waals surface area contributed by atoms with E-state index in [1.165, 1.54) is 6.07 Å². The molecule has 0 aliphatic rings. The van der Waals surface area contributed by atoms with Crippen LogP contribution in [-0.4, -0.2) is 41.9 Å². The van der Waals surface area contributed by atoms with Gasteiger partial charge in [-0.25, -0.2) is 0 Å². The standard InChI is InChI=1S/C23H29Cl2N3O3/c1-13(2)9-19(27-22(29)17-8-7-16(24)10-18(17)25)23(30)28(5)12-20-15(4)21(31-6)14(3)11-26-20/h7-8,10-11,13,19H,9,12H2,1-6H3,(H,27,29). The molecule has 2 amide bonds. The highest BCUT2D eigenvalue weighted by Crippen LogP contribution is 2.25. The molecule has 6 nitrogen and oxygen atoms in total. The van der Waals surface area contributed by atoms with Crippen molar-refractivity contribution in [1.29, 1.82) is 0 Å². The fraction of sp³-hybridized carbons (Fsp3) is 0.435. The lowest BCUT2D eigenvalue weighted by atomic mass is 10.0. The number of hydrogen-bond acceptors (Lipinski definition) is 4. The number of amides is 2. The average Bonchev–Trinajstić information content (AvgIpc) is 2.68. The summed E-state index contributed by atoms with van der Waals surface area (Å²) in [6, 6.07) is 3.94. The highest BCUT2D eigenvalue weighted by molar-refractivity contribution is 6.36. The van der Waals surface area contributed by atoms with Crippen LogP contribution >= 0.6 is 23.2 Å². The first-order valence-electron chi connectivity index (χ1n) is 10.0. The molecule has 0 spiro atoms. The van der Waals surface area contributed by atoms with Crippen molar-refractivity contribution in [3.05, 3.63) is 56.8 Å². The van der Waals surface area contributed by atoms with Crippen LogP contribution in [0.5, 0.6) is 5.75 Å². The maximum Gasteiger partial charge on any atom is 0.253 e. The molecule has 1 aromatic carbocycles. The normalized spacial score (nSPS) is 11.9. The molecule has 2 rings (SSSR count). The molecule has 2 aromatic rings. The molecule has 0 bridgehead atoms. The lowest BCUT2D eigenvalue weighted by molar-refractivity contribution is -0.132. The zero-order valence-corrected chi connectivity index (χ0v) is 20.3. The molecule has 1 aromatic heterocycles. The molecule has 0 aliphatic carbocycles. The molecule has 0 radical (unpaired) electrons. The Morgan fingerprint density at radius 2 is 1.90 bits per heavy atom. The highest BCUT2D eigenvalue weighted by atomic mass is 35.5. The molecular weight excluding hydrogens is 437 g/mol. The Balaban J connectivity index is 2.21. The first kappa shape index (κ1) is 25.0. The van der Waals surface area contributed by atoms with Crippen molar-refractivity contribution < 1.29 is 14.3 Å². The summed E-state index contributed by atoms with van der Waals surface area (Å²) in [6.07, 6.45) is 2.22. The van der Waals surface area contributed by atoms with Crippen LogP contribution in [-0.2, 0) is 11.3 Å². The molecule has 1 N–H and O–H groups in total. The molecule has 1 atom stereocenters. The van der Waals surface area contributed by atoms with Crippen molar-refractivity contribution in [2.75, 3.05) is 14.2 Å². The third-order valence-corrected chi connectivity index (χ3v) is 5.55. The van der Waals surface area contributed by atoms with E-state index in [0.717, 1.165) is 22.6 Å². The minimum atomic E-state index is -0.697. The largest absolute Gasteiger partial charge is 0.496 e. The van der Waals surface area contributed by atoms with E-state index in [1.807, 2.05) is 27.7 Å². The molecule has 0 saturated heterocycles. The van der Waals surface area contributed by atoms with E-state index in [0.29, 0.717) is 18.0 Å². The predicted molar refractivity (Wildman–Crippen MR) is 124 cm³/mol. The number of likely N-dealkylation sites (N-methyl/N-ethyl adjacent to an activating group) is 1. The van der Waals surface area contributed by atoms with E-state index >= 15 is 0 Å². The summed E-state index contributed by atoms with van der Waals surface area (Å²) in [6.45, 7) is 8.14. The van der Waals surface area contributed by atoms with E-state index in [1.54, 1.807) is 37.4 Å². The van der Waals surface area contributed by atoms with Crippen LogP contribution in [0.2, 0.25) is 10.0 Å². The Kier molecular flexibility index (Phi) is 8.71. The predicted octanol–water partition coefficient (Wildman–Crippen LogP) is 4.82. The number of aryl methyl sites for hydroxylation is 1. The van der Waals surface area contributed by atoms with Gasteiger partial charge in [0, 0.05) is 29.4 Å². The maximum absolute atomic E-state index is 13.2. The number of rotatable bonds is 8. The fourth-order valence-electron chi connectivity index (χ4n) is 3.40. The van der Waals surface area contributed by atoms with Crippen LogP contribution < -0.4 is 10.1 Å². The summed E-state index contributed by atoms with van der Waals surface area (Å²) >= 11 is 12.1. The van der Waals surface area contributed by atoms with Crippen molar-refractivity contribution >= 4 is 35.0 Å². The van der Waals surface area contributed by atoms with Gasteiger partial charge in [0.25, 0.3) is 5.91 Å². The summed E-state index contributed by atoms with van der Waals surface area (Å²) < 4.78 is 5.46. The van der Waals surface area contributed by atoms with Gasteiger partial charge in [0.15, 0.2) is 0 Å². The number of carbonyl (C=O) groups excluding carboxylic acids is 2. The van der Waals surface area contributed by atoms with Crippen molar-refractivity contribution in [2.24, 2.45) is 5.92 Å². The number of nitrogens with one attached hydrogen (secondary N) is 1. The number of ether oxygens (including phenoxy) is 1. The molecule has 1 unspecified atom stereocenters. The van der Waals surface area contributed by atoms with Crippen LogP contribution in [0.3, 0.4) is 0 Å². The second-order valence-corrected chi connectivity index (χ2v) is 8.86. The maximum atomic E-state index is 13.2. The van der Waals surface area contributed by atoms with Gasteiger partial charge in [-0.3, -0.25) is 14.6 Å². The van der Waals surface area contributed by atoms with Gasteiger partial charge in [-0.05, 0) is 44.4 Å². The van der Waals surface area contributed by atoms with Gasteiger partial charge in [-0.1, -0.05) is 37.0 Å². The molecule has 0 saturated carbocycles. The van der Waals surface area contributed by atoms with E-state index in [2.05, 4.69) is 10.3 Å². The van der Waals surface area contributed by atoms with Gasteiger partial charge in [-0.15, -0.1) is 0 Å². The molecule has 168 valence electrons. The third kappa shape index (κ3) is 6.34. The van der Waals surface area contributed by atoms with Crippen molar-refractivity contribution in [3.63, 3.8) is 0 Å². The van der Waals surface area contributed by atoms with Crippen LogP contribution in [0.25, 0.3) is 0 Å². The monoisotopic (exact) mass is 465 g/mol. The number of carbonyl (C=O) groups is 2. The van der Waals surface area contributed by atoms with Gasteiger partial charge >= 0.3 is 0 Å². The lowest BCUT2D eigenvalue weighted by Crippen LogP contribution is -2.48. The minimum absolute atomic E-state index is 0.197. The Hall–Kier alpha value is -2.31. The molecular formula is C23H29Cl2N3O3. The second-order valence-electron chi connectivity index (χ2n) is 8.02. The number of pyridine rings is 1. The number of nitrogens with zero attached hydrogens (tertiary/aromatic N) is 2. The van der Waals surface area contributed by atoms with Crippen LogP contribution in [0, 0.1) is 19.8 Å². The lowest BCUT2D eigenvalue weighted by Gasteiger charge is -2.26. The van der Waals surface area contributed by atoms with Gasteiger partial charge in [0.1, 0.15) is 11.8 Å². The number of methoxy groups -OCH3 is 1. The molecule has 31 heavy (non-hydrogen) atoms. The van der Waals surface area contributed by atoms with E-state index in [9.17, 15) is 9.59 Å². The first-order valence-corrected chi connectivity index (χ1v) is 10.8. The zero-order valence-electron chi connectivity index (χ0n) is 18.8. The SMILES string of the molecule is COc1c(C)cnc(CN(C)C(=O)C(CC(C)C)NC(=O)c2ccc(Cl)cc2Cl)c1C. The zero-order chi connectivity index (χ0) is 23.3. The Morgan fingerprint density at radius 1 is 1.23 bits per heavy atom. The van der Waals surface area contributed by atoms with E-state index < -0.39 is 11.9 Å². The van der Waals surface area contributed by atoms with Crippen LogP contribution in [0.4, 0.5) is 0 Å². The summed E-state index contributed by atoms with van der Waals surface area (Å²) in [5.74, 6) is 0.339. The number of hydrogen-bond donors (Lipinski definition) is 1. The van der Waals surface area contributed by atoms with Gasteiger partial charge < -0.3 is 15.0 Å². The number of halogens is 2. The number of benzene rings is 1. The summed E-state index contributed by atoms with van der Waals surface area (Å²) in [5.41, 5.74) is 2.84. The molecule has 0 fully saturated rings. The number of aromatic nitrogens is 1. The Labute approximate surface area is 193 Å². The summed E-state index contributed by atoms with van der Waals surface area (Å²) in [4.78, 5) is 32.0. The van der Waals surface area contributed by atoms with Crippen molar-refractivity contribution in [3.8, 4) is 5.75 Å². The van der Waals surface area contributed by atoms with Crippen LogP contribution in [0.1, 0.15) is 47.4 Å². The highest BCUT2D eigenvalue weighted by Gasteiger charge is 2.27. The van der Waals surface area contributed by atoms with E-state index in [4.69, 9.17) is 27.9 Å². The average molecular weight is 466 g/mol. The Bertz CT molecular complexity index is 963. The molecule has 8 heteroatoms.